The molecule has 0 aliphatic rings. The average Bonchev–Trinajstić information content (AvgIpc) is 3.21. The fourth-order valence-corrected chi connectivity index (χ4v) is 4.06. The van der Waals surface area contributed by atoms with E-state index in [1.54, 1.807) is 19.2 Å². The van der Waals surface area contributed by atoms with Gasteiger partial charge in [-0.2, -0.15) is 0 Å². The van der Waals surface area contributed by atoms with Gasteiger partial charge in [-0.3, -0.25) is 4.79 Å². The smallest absolute Gasteiger partial charge is 0.224 e. The molecule has 1 heterocycles. The minimum absolute atomic E-state index is 0.0141. The van der Waals surface area contributed by atoms with Crippen LogP contribution in [0.1, 0.15) is 22.6 Å². The van der Waals surface area contributed by atoms with E-state index in [-0.39, 0.29) is 18.2 Å². The Morgan fingerprint density at radius 2 is 1.81 bits per heavy atom. The lowest BCUT2D eigenvalue weighted by Gasteiger charge is -2.19. The first kappa shape index (κ1) is 21.3. The number of rotatable bonds is 7. The Kier molecular flexibility index (Phi) is 6.50. The van der Waals surface area contributed by atoms with Crippen molar-refractivity contribution in [3.63, 3.8) is 0 Å². The van der Waals surface area contributed by atoms with Gasteiger partial charge >= 0.3 is 0 Å². The van der Waals surface area contributed by atoms with Crippen molar-refractivity contribution in [2.75, 3.05) is 13.7 Å². The van der Waals surface area contributed by atoms with E-state index in [2.05, 4.69) is 16.4 Å². The highest BCUT2D eigenvalue weighted by Gasteiger charge is 2.19. The molecular weight excluding hydrogens is 431 g/mol. The third kappa shape index (κ3) is 4.87. The van der Waals surface area contributed by atoms with Gasteiger partial charge in [0.25, 0.3) is 0 Å². The van der Waals surface area contributed by atoms with Crippen LogP contribution in [0.2, 0.25) is 10.0 Å². The topological polar surface area (TPSA) is 54.1 Å². The first-order chi connectivity index (χ1) is 15.0. The molecule has 1 amide bonds. The maximum atomic E-state index is 12.7. The van der Waals surface area contributed by atoms with Gasteiger partial charge in [0.1, 0.15) is 5.75 Å². The molecule has 0 radical (unpaired) electrons. The number of hydrogen-bond acceptors (Lipinski definition) is 2. The molecule has 0 aliphatic carbocycles. The predicted octanol–water partition coefficient (Wildman–Crippen LogP) is 5.97. The number of para-hydroxylation sites is 1. The summed E-state index contributed by atoms with van der Waals surface area (Å²) in [7, 11) is 1.65. The summed E-state index contributed by atoms with van der Waals surface area (Å²) < 4.78 is 5.30. The number of ether oxygens (including phenoxy) is 1. The van der Waals surface area contributed by atoms with Gasteiger partial charge in [0.05, 0.1) is 23.6 Å². The monoisotopic (exact) mass is 452 g/mol. The van der Waals surface area contributed by atoms with Gasteiger partial charge in [0.2, 0.25) is 5.91 Å². The zero-order valence-corrected chi connectivity index (χ0v) is 18.5. The van der Waals surface area contributed by atoms with Crippen molar-refractivity contribution in [2.24, 2.45) is 0 Å². The van der Waals surface area contributed by atoms with E-state index in [0.717, 1.165) is 33.3 Å². The quantitative estimate of drug-likeness (QED) is 0.362. The van der Waals surface area contributed by atoms with Gasteiger partial charge in [-0.1, -0.05) is 59.6 Å². The van der Waals surface area contributed by atoms with Gasteiger partial charge in [-0.05, 0) is 47.0 Å². The summed E-state index contributed by atoms with van der Waals surface area (Å²) in [6.45, 7) is 0.467. The molecule has 31 heavy (non-hydrogen) atoms. The third-order valence-corrected chi connectivity index (χ3v) is 6.11. The summed E-state index contributed by atoms with van der Waals surface area (Å²) in [5.41, 5.74) is 4.12. The number of carbonyl (C=O) groups is 1. The molecule has 4 nitrogen and oxygen atoms in total. The minimum Gasteiger partial charge on any atom is -0.497 e. The number of nitrogens with one attached hydrogen (secondary N) is 2. The molecule has 4 aromatic rings. The summed E-state index contributed by atoms with van der Waals surface area (Å²) in [5, 5.41) is 5.15. The second-order valence-electron chi connectivity index (χ2n) is 7.34. The van der Waals surface area contributed by atoms with E-state index in [0.29, 0.717) is 16.6 Å². The lowest BCUT2D eigenvalue weighted by molar-refractivity contribution is -0.120. The van der Waals surface area contributed by atoms with Crippen LogP contribution in [0.5, 0.6) is 5.75 Å². The van der Waals surface area contributed by atoms with Gasteiger partial charge in [0, 0.05) is 29.6 Å². The molecule has 0 saturated heterocycles. The van der Waals surface area contributed by atoms with E-state index in [1.165, 1.54) is 0 Å². The molecular formula is C25H22Cl2N2O2. The Bertz CT molecular complexity index is 1200. The Balaban J connectivity index is 1.57. The van der Waals surface area contributed by atoms with Gasteiger partial charge < -0.3 is 15.0 Å². The number of benzene rings is 3. The molecule has 0 bridgehead atoms. The molecule has 2 N–H and O–H groups in total. The van der Waals surface area contributed by atoms with E-state index in [4.69, 9.17) is 27.9 Å². The second kappa shape index (κ2) is 9.46. The number of H-pyrrole nitrogens is 1. The standard InChI is InChI=1S/C25H22Cl2N2O2/c1-31-18-9-7-17(8-10-18)20(21-15-28-24-5-3-2-4-19(21)24)14-29-25(30)13-16-6-11-22(26)23(27)12-16/h2-12,15,20,28H,13-14H2,1H3,(H,29,30). The lowest BCUT2D eigenvalue weighted by Crippen LogP contribution is -2.30. The van der Waals surface area contributed by atoms with Crippen molar-refractivity contribution in [2.45, 2.75) is 12.3 Å². The SMILES string of the molecule is COc1ccc(C(CNC(=O)Cc2ccc(Cl)c(Cl)c2)c2c[nH]c3ccccc23)cc1. The number of halogens is 2. The Hall–Kier alpha value is -2.95. The molecule has 6 heteroatoms. The molecule has 0 aliphatic heterocycles. The first-order valence-corrected chi connectivity index (χ1v) is 10.7. The lowest BCUT2D eigenvalue weighted by atomic mass is 9.90. The maximum Gasteiger partial charge on any atom is 0.224 e. The molecule has 4 rings (SSSR count). The van der Waals surface area contributed by atoms with Crippen LogP contribution in [0.3, 0.4) is 0 Å². The number of aromatic amines is 1. The van der Waals surface area contributed by atoms with Gasteiger partial charge in [-0.25, -0.2) is 0 Å². The largest absolute Gasteiger partial charge is 0.497 e. The van der Waals surface area contributed by atoms with Crippen LogP contribution < -0.4 is 10.1 Å². The number of hydrogen-bond donors (Lipinski definition) is 2. The van der Waals surface area contributed by atoms with Crippen molar-refractivity contribution in [1.82, 2.24) is 10.3 Å². The van der Waals surface area contributed by atoms with Crippen molar-refractivity contribution in [1.29, 1.82) is 0 Å². The van der Waals surface area contributed by atoms with Crippen LogP contribution >= 0.6 is 23.2 Å². The van der Waals surface area contributed by atoms with Crippen molar-refractivity contribution in [3.8, 4) is 5.75 Å². The molecule has 3 aromatic carbocycles. The second-order valence-corrected chi connectivity index (χ2v) is 8.16. The number of fused-ring (bicyclic) bond motifs is 1. The van der Waals surface area contributed by atoms with E-state index in [1.807, 2.05) is 54.7 Å². The van der Waals surface area contributed by atoms with Gasteiger partial charge in [0.15, 0.2) is 0 Å². The summed E-state index contributed by atoms with van der Waals surface area (Å²) in [6.07, 6.45) is 2.25. The van der Waals surface area contributed by atoms with Crippen LogP contribution in [0, 0.1) is 0 Å². The van der Waals surface area contributed by atoms with Crippen LogP contribution in [-0.2, 0) is 11.2 Å². The molecule has 1 atom stereocenters. The fourth-order valence-electron chi connectivity index (χ4n) is 3.74. The van der Waals surface area contributed by atoms with Crippen molar-refractivity contribution >= 4 is 40.0 Å². The van der Waals surface area contributed by atoms with E-state index >= 15 is 0 Å². The molecule has 1 aromatic heterocycles. The van der Waals surface area contributed by atoms with Crippen LogP contribution in [-0.4, -0.2) is 24.5 Å². The van der Waals surface area contributed by atoms with E-state index < -0.39 is 0 Å². The average molecular weight is 453 g/mol. The zero-order valence-electron chi connectivity index (χ0n) is 17.0. The number of aromatic nitrogens is 1. The third-order valence-electron chi connectivity index (χ3n) is 5.37. The summed E-state index contributed by atoms with van der Waals surface area (Å²) in [6, 6.07) is 21.4. The van der Waals surface area contributed by atoms with Crippen molar-refractivity contribution in [3.05, 3.63) is 99.7 Å². The zero-order chi connectivity index (χ0) is 21.8. The van der Waals surface area contributed by atoms with Crippen LogP contribution in [0.15, 0.2) is 72.9 Å². The predicted molar refractivity (Wildman–Crippen MR) is 126 cm³/mol. The Labute approximate surface area is 191 Å². The Morgan fingerprint density at radius 3 is 2.55 bits per heavy atom. The van der Waals surface area contributed by atoms with Crippen LogP contribution in [0.25, 0.3) is 10.9 Å². The normalized spacial score (nSPS) is 12.0. The first-order valence-electron chi connectivity index (χ1n) is 9.95. The molecule has 158 valence electrons. The Morgan fingerprint density at radius 1 is 1.03 bits per heavy atom. The summed E-state index contributed by atoms with van der Waals surface area (Å²) in [4.78, 5) is 16.0. The highest BCUT2D eigenvalue weighted by molar-refractivity contribution is 6.42. The molecule has 0 fully saturated rings. The molecule has 0 spiro atoms. The van der Waals surface area contributed by atoms with Crippen molar-refractivity contribution < 1.29 is 9.53 Å². The van der Waals surface area contributed by atoms with Gasteiger partial charge in [-0.15, -0.1) is 0 Å². The van der Waals surface area contributed by atoms with E-state index in [9.17, 15) is 4.79 Å². The number of amides is 1. The van der Waals surface area contributed by atoms with Crippen LogP contribution in [0.4, 0.5) is 0 Å². The highest BCUT2D eigenvalue weighted by atomic mass is 35.5. The molecule has 0 saturated carbocycles. The molecule has 1 unspecified atom stereocenters. The minimum atomic E-state index is -0.0725. The maximum absolute atomic E-state index is 12.7. The highest BCUT2D eigenvalue weighted by Crippen LogP contribution is 2.31. The summed E-state index contributed by atoms with van der Waals surface area (Å²) in [5.74, 6) is 0.710. The number of methoxy groups -OCH3 is 1. The summed E-state index contributed by atoms with van der Waals surface area (Å²) >= 11 is 12.0. The number of carbonyl (C=O) groups excluding carboxylic acids is 1. The fraction of sp³-hybridized carbons (Fsp3) is 0.160.